The molecule has 1 fully saturated rings. The van der Waals surface area contributed by atoms with Crippen LogP contribution in [0.5, 0.6) is 0 Å². The first-order valence-corrected chi connectivity index (χ1v) is 12.2. The van der Waals surface area contributed by atoms with Crippen LogP contribution in [0.2, 0.25) is 0 Å². The summed E-state index contributed by atoms with van der Waals surface area (Å²) >= 11 is 0. The highest BCUT2D eigenvalue weighted by molar-refractivity contribution is 5.91. The van der Waals surface area contributed by atoms with Crippen molar-refractivity contribution in [2.24, 2.45) is 0 Å². The highest BCUT2D eigenvalue weighted by Crippen LogP contribution is 2.22. The second kappa shape index (κ2) is 12.4. The summed E-state index contributed by atoms with van der Waals surface area (Å²) in [6.45, 7) is 3.08. The molecule has 198 valence electrons. The lowest BCUT2D eigenvalue weighted by atomic mass is 9.99. The molecule has 1 amide bonds. The second-order valence-electron chi connectivity index (χ2n) is 9.06. The monoisotopic (exact) mass is 511 g/mol. The number of aromatic nitrogens is 1. The number of nitrogens with one attached hydrogen (secondary N) is 3. The number of ether oxygens (including phenoxy) is 1. The van der Waals surface area contributed by atoms with Gasteiger partial charge in [0.15, 0.2) is 0 Å². The Kier molecular flexibility index (Phi) is 9.06. The van der Waals surface area contributed by atoms with Crippen LogP contribution in [0.1, 0.15) is 22.4 Å². The summed E-state index contributed by atoms with van der Waals surface area (Å²) in [6, 6.07) is 16.1. The number of carbonyl (C=O) groups excluding carboxylic acids is 1. The number of benzene rings is 2. The highest BCUT2D eigenvalue weighted by atomic mass is 16.8. The van der Waals surface area contributed by atoms with Crippen LogP contribution in [0.3, 0.4) is 0 Å². The molecule has 0 saturated carbocycles. The van der Waals surface area contributed by atoms with Crippen LogP contribution in [0.25, 0.3) is 17.0 Å². The third-order valence-corrected chi connectivity index (χ3v) is 6.44. The lowest BCUT2D eigenvalue weighted by Gasteiger charge is -2.38. The minimum absolute atomic E-state index is 0.589. The molecule has 1 aliphatic heterocycles. The molecule has 3 aromatic rings. The average Bonchev–Trinajstić information content (AvgIpc) is 3.23. The van der Waals surface area contributed by atoms with Crippen LogP contribution >= 0.6 is 0 Å². The zero-order valence-electron chi connectivity index (χ0n) is 20.5. The highest BCUT2D eigenvalue weighted by Gasteiger charge is 2.44. The minimum Gasteiger partial charge on any atom is -0.394 e. The first-order valence-electron chi connectivity index (χ1n) is 12.2. The summed E-state index contributed by atoms with van der Waals surface area (Å²) in [5.74, 6) is -0.615. The molecule has 2 heterocycles. The Labute approximate surface area is 214 Å². The maximum Gasteiger partial charge on any atom is 0.267 e. The summed E-state index contributed by atoms with van der Waals surface area (Å²) in [7, 11) is 0. The van der Waals surface area contributed by atoms with E-state index in [0.717, 1.165) is 36.2 Å². The van der Waals surface area contributed by atoms with Crippen LogP contribution < -0.4 is 10.8 Å². The van der Waals surface area contributed by atoms with Crippen molar-refractivity contribution in [2.75, 3.05) is 13.2 Å². The number of hydrogen-bond donors (Lipinski definition) is 7. The SMILES string of the molecule is Cc1[nH]c2ccccc2c1CCNCc1ccc(/C=C/C(=O)NO[C@@H]2OC(CO)[C@H](O)[C@H](O)[C@H]2O)cc1. The minimum atomic E-state index is -1.60. The van der Waals surface area contributed by atoms with E-state index in [1.54, 1.807) is 6.08 Å². The van der Waals surface area contributed by atoms with E-state index in [4.69, 9.17) is 9.57 Å². The number of carbonyl (C=O) groups is 1. The maximum absolute atomic E-state index is 12.1. The fraction of sp³-hybridized carbons (Fsp3) is 0.370. The molecule has 1 aromatic heterocycles. The van der Waals surface area contributed by atoms with E-state index in [2.05, 4.69) is 40.9 Å². The van der Waals surface area contributed by atoms with Crippen LogP contribution in [-0.4, -0.2) is 75.2 Å². The molecule has 1 unspecified atom stereocenters. The summed E-state index contributed by atoms with van der Waals surface area (Å²) in [6.07, 6.45) is -3.48. The van der Waals surface area contributed by atoms with Gasteiger partial charge in [-0.1, -0.05) is 42.5 Å². The van der Waals surface area contributed by atoms with Crippen molar-refractivity contribution >= 4 is 22.9 Å². The van der Waals surface area contributed by atoms with Gasteiger partial charge in [-0.15, -0.1) is 0 Å². The van der Waals surface area contributed by atoms with Crippen molar-refractivity contribution in [2.45, 2.75) is 50.6 Å². The van der Waals surface area contributed by atoms with E-state index < -0.39 is 43.2 Å². The van der Waals surface area contributed by atoms with Crippen LogP contribution in [-0.2, 0) is 27.3 Å². The number of aliphatic hydroxyl groups excluding tert-OH is 4. The number of para-hydroxylation sites is 1. The molecular weight excluding hydrogens is 478 g/mol. The first-order chi connectivity index (χ1) is 17.9. The van der Waals surface area contributed by atoms with Gasteiger partial charge < -0.3 is 35.5 Å². The Morgan fingerprint density at radius 3 is 2.59 bits per heavy atom. The van der Waals surface area contributed by atoms with Crippen molar-refractivity contribution in [1.82, 2.24) is 15.8 Å². The fourth-order valence-corrected chi connectivity index (χ4v) is 4.34. The number of hydrogen-bond acceptors (Lipinski definition) is 8. The van der Waals surface area contributed by atoms with Crippen LogP contribution in [0.15, 0.2) is 54.6 Å². The van der Waals surface area contributed by atoms with Gasteiger partial charge in [0.2, 0.25) is 6.29 Å². The number of aryl methyl sites for hydroxylation is 1. The molecule has 10 heteroatoms. The molecule has 1 saturated heterocycles. The molecule has 0 aliphatic carbocycles. The van der Waals surface area contributed by atoms with Gasteiger partial charge in [-0.2, -0.15) is 0 Å². The van der Waals surface area contributed by atoms with E-state index in [9.17, 15) is 25.2 Å². The van der Waals surface area contributed by atoms with Crippen LogP contribution in [0.4, 0.5) is 0 Å². The van der Waals surface area contributed by atoms with E-state index in [1.165, 1.54) is 22.7 Å². The smallest absolute Gasteiger partial charge is 0.267 e. The number of fused-ring (bicyclic) bond motifs is 1. The van der Waals surface area contributed by atoms with Gasteiger partial charge in [0.25, 0.3) is 5.91 Å². The summed E-state index contributed by atoms with van der Waals surface area (Å²) in [5.41, 5.74) is 7.72. The zero-order chi connectivity index (χ0) is 26.4. The van der Waals surface area contributed by atoms with E-state index in [-0.39, 0.29) is 0 Å². The molecule has 0 spiro atoms. The summed E-state index contributed by atoms with van der Waals surface area (Å²) < 4.78 is 5.16. The molecule has 4 rings (SSSR count). The van der Waals surface area contributed by atoms with Crippen LogP contribution in [0, 0.1) is 6.92 Å². The van der Waals surface area contributed by atoms with Crippen molar-refractivity contribution < 1.29 is 34.8 Å². The molecule has 1 aliphatic rings. The van der Waals surface area contributed by atoms with Crippen molar-refractivity contribution in [3.63, 3.8) is 0 Å². The van der Waals surface area contributed by atoms with E-state index in [1.807, 2.05) is 30.3 Å². The Balaban J connectivity index is 1.20. The van der Waals surface area contributed by atoms with Gasteiger partial charge in [0.05, 0.1) is 6.61 Å². The molecule has 0 radical (unpaired) electrons. The molecule has 5 atom stereocenters. The molecule has 0 bridgehead atoms. The molecular formula is C27H33N3O7. The average molecular weight is 512 g/mol. The van der Waals surface area contributed by atoms with Crippen molar-refractivity contribution in [3.05, 3.63) is 77.0 Å². The molecule has 37 heavy (non-hydrogen) atoms. The number of aromatic amines is 1. The Morgan fingerprint density at radius 2 is 1.84 bits per heavy atom. The van der Waals surface area contributed by atoms with Crippen molar-refractivity contribution in [1.29, 1.82) is 0 Å². The van der Waals surface area contributed by atoms with Gasteiger partial charge in [0, 0.05) is 29.2 Å². The first kappa shape index (κ1) is 27.0. The number of aliphatic hydroxyl groups is 4. The standard InChI is InChI=1S/C27H33N3O7/c1-16-19(20-4-2-3-5-21(20)29-16)12-13-28-14-18-8-6-17(7-9-18)10-11-23(32)30-37-27-26(35)25(34)24(33)22(15-31)36-27/h2-11,22,24-29,31,33-35H,12-15H2,1H3,(H,30,32)/b11-10+/t22?,24-,25-,26+,27-/m0/s1. The lowest BCUT2D eigenvalue weighted by Crippen LogP contribution is -2.60. The third kappa shape index (κ3) is 6.62. The second-order valence-corrected chi connectivity index (χ2v) is 9.06. The molecule has 10 nitrogen and oxygen atoms in total. The number of amides is 1. The summed E-state index contributed by atoms with van der Waals surface area (Å²) in [4.78, 5) is 20.5. The Bertz CT molecular complexity index is 1210. The van der Waals surface area contributed by atoms with Crippen molar-refractivity contribution in [3.8, 4) is 0 Å². The quantitative estimate of drug-likeness (QED) is 0.119. The van der Waals surface area contributed by atoms with Gasteiger partial charge in [-0.3, -0.25) is 4.79 Å². The van der Waals surface area contributed by atoms with Gasteiger partial charge in [0.1, 0.15) is 24.4 Å². The lowest BCUT2D eigenvalue weighted by molar-refractivity contribution is -0.312. The Morgan fingerprint density at radius 1 is 1.08 bits per heavy atom. The number of rotatable bonds is 10. The third-order valence-electron chi connectivity index (χ3n) is 6.44. The summed E-state index contributed by atoms with van der Waals surface area (Å²) in [5, 5.41) is 43.4. The fourth-order valence-electron chi connectivity index (χ4n) is 4.34. The molecule has 7 N–H and O–H groups in total. The number of hydroxylamine groups is 1. The number of H-pyrrole nitrogens is 1. The van der Waals surface area contributed by atoms with Gasteiger partial charge >= 0.3 is 0 Å². The molecule has 2 aromatic carbocycles. The zero-order valence-corrected chi connectivity index (χ0v) is 20.5. The predicted octanol–water partition coefficient (Wildman–Crippen LogP) is 0.670. The van der Waals surface area contributed by atoms with E-state index in [0.29, 0.717) is 0 Å². The largest absolute Gasteiger partial charge is 0.394 e. The normalized spacial score (nSPS) is 24.1. The predicted molar refractivity (Wildman–Crippen MR) is 137 cm³/mol. The Hall–Kier alpha value is -3.09. The van der Waals surface area contributed by atoms with Gasteiger partial charge in [-0.05, 0) is 48.7 Å². The van der Waals surface area contributed by atoms with E-state index >= 15 is 0 Å². The maximum atomic E-state index is 12.1. The van der Waals surface area contributed by atoms with Gasteiger partial charge in [-0.25, -0.2) is 10.3 Å². The topological polar surface area (TPSA) is 156 Å².